The van der Waals surface area contributed by atoms with Gasteiger partial charge in [-0.15, -0.1) is 0 Å². The summed E-state index contributed by atoms with van der Waals surface area (Å²) in [6.07, 6.45) is 10.6. The molecule has 0 aromatic carbocycles. The van der Waals surface area contributed by atoms with Crippen LogP contribution >= 0.6 is 0 Å². The van der Waals surface area contributed by atoms with Gasteiger partial charge in [-0.25, -0.2) is 0 Å². The average Bonchev–Trinajstić information content (AvgIpc) is 2.57. The molecule has 1 fully saturated rings. The fourth-order valence-electron chi connectivity index (χ4n) is 2.68. The molecule has 0 bridgehead atoms. The van der Waals surface area contributed by atoms with Crippen molar-refractivity contribution in [2.75, 3.05) is 33.9 Å². The lowest BCUT2D eigenvalue weighted by molar-refractivity contribution is 0.0261. The van der Waals surface area contributed by atoms with Gasteiger partial charge in [0.1, 0.15) is 0 Å². The third-order valence-corrected chi connectivity index (χ3v) is 4.48. The van der Waals surface area contributed by atoms with Crippen molar-refractivity contribution in [3.63, 3.8) is 0 Å². The van der Waals surface area contributed by atoms with Gasteiger partial charge in [-0.05, 0) is 46.0 Å². The molecule has 0 unspecified atom stereocenters. The molecule has 1 rings (SSSR count). The Morgan fingerprint density at radius 2 is 1.83 bits per heavy atom. The monoisotopic (exact) mass is 327 g/mol. The summed E-state index contributed by atoms with van der Waals surface area (Å²) in [6.45, 7) is 6.70. The van der Waals surface area contributed by atoms with Crippen LogP contribution in [-0.2, 0) is 9.47 Å². The second-order valence-corrected chi connectivity index (χ2v) is 7.01. The molecule has 0 spiro atoms. The topological polar surface area (TPSA) is 54.9 Å². The van der Waals surface area contributed by atoms with Crippen molar-refractivity contribution in [3.8, 4) is 0 Å². The van der Waals surface area contributed by atoms with Crippen molar-refractivity contribution >= 4 is 5.96 Å². The number of methoxy groups -OCH3 is 1. The van der Waals surface area contributed by atoms with E-state index in [2.05, 4.69) is 29.5 Å². The first-order valence-corrected chi connectivity index (χ1v) is 9.18. The van der Waals surface area contributed by atoms with Crippen LogP contribution in [0.15, 0.2) is 4.99 Å². The number of nitrogens with zero attached hydrogens (tertiary/aromatic N) is 1. The van der Waals surface area contributed by atoms with E-state index in [0.717, 1.165) is 38.5 Å². The molecule has 0 aromatic heterocycles. The Hall–Kier alpha value is -0.810. The number of ether oxygens (including phenoxy) is 2. The van der Waals surface area contributed by atoms with Crippen molar-refractivity contribution in [3.05, 3.63) is 0 Å². The smallest absolute Gasteiger partial charge is 0.191 e. The highest BCUT2D eigenvalue weighted by molar-refractivity contribution is 5.79. The number of aliphatic imine (C=N–C) groups is 1. The molecule has 0 atom stereocenters. The van der Waals surface area contributed by atoms with Gasteiger partial charge in [0.15, 0.2) is 5.96 Å². The van der Waals surface area contributed by atoms with E-state index >= 15 is 0 Å². The zero-order chi connectivity index (χ0) is 17.0. The first kappa shape index (κ1) is 20.2. The molecule has 23 heavy (non-hydrogen) atoms. The molecule has 0 radical (unpaired) electrons. The molecule has 0 saturated heterocycles. The number of hydrogen-bond acceptors (Lipinski definition) is 3. The van der Waals surface area contributed by atoms with Gasteiger partial charge in [0, 0.05) is 33.9 Å². The first-order valence-electron chi connectivity index (χ1n) is 9.18. The number of rotatable bonds is 10. The summed E-state index contributed by atoms with van der Waals surface area (Å²) in [7, 11) is 3.53. The van der Waals surface area contributed by atoms with E-state index in [1.54, 1.807) is 14.2 Å². The second-order valence-electron chi connectivity index (χ2n) is 7.01. The predicted molar refractivity (Wildman–Crippen MR) is 97.1 cm³/mol. The molecule has 1 aliphatic rings. The SMILES string of the molecule is CN=C(NCCCCCOC1CCCCC1)NCC(C)(C)OC. The molecule has 0 amide bonds. The van der Waals surface area contributed by atoms with E-state index < -0.39 is 0 Å². The summed E-state index contributed by atoms with van der Waals surface area (Å²) in [5, 5.41) is 6.64. The van der Waals surface area contributed by atoms with Crippen LogP contribution in [0.25, 0.3) is 0 Å². The summed E-state index contributed by atoms with van der Waals surface area (Å²) in [6, 6.07) is 0. The number of hydrogen-bond donors (Lipinski definition) is 2. The molecular formula is C18H37N3O2. The lowest BCUT2D eigenvalue weighted by Gasteiger charge is -2.24. The maximum atomic E-state index is 5.95. The van der Waals surface area contributed by atoms with Crippen LogP contribution in [-0.4, -0.2) is 51.5 Å². The largest absolute Gasteiger partial charge is 0.378 e. The molecular weight excluding hydrogens is 290 g/mol. The lowest BCUT2D eigenvalue weighted by atomic mass is 9.98. The first-order chi connectivity index (χ1) is 11.1. The van der Waals surface area contributed by atoms with E-state index in [1.807, 2.05) is 0 Å². The highest BCUT2D eigenvalue weighted by atomic mass is 16.5. The summed E-state index contributed by atoms with van der Waals surface area (Å²) in [5.41, 5.74) is -0.186. The van der Waals surface area contributed by atoms with Crippen LogP contribution < -0.4 is 10.6 Å². The van der Waals surface area contributed by atoms with Gasteiger partial charge in [0.05, 0.1) is 11.7 Å². The minimum atomic E-state index is -0.186. The fourth-order valence-corrected chi connectivity index (χ4v) is 2.68. The quantitative estimate of drug-likeness (QED) is 0.368. The van der Waals surface area contributed by atoms with Crippen LogP contribution in [0.1, 0.15) is 65.2 Å². The summed E-state index contributed by atoms with van der Waals surface area (Å²) >= 11 is 0. The molecule has 136 valence electrons. The molecule has 5 nitrogen and oxygen atoms in total. The van der Waals surface area contributed by atoms with Crippen molar-refractivity contribution in [2.24, 2.45) is 4.99 Å². The molecule has 0 aliphatic heterocycles. The normalized spacial score (nSPS) is 17.3. The van der Waals surface area contributed by atoms with Crippen molar-refractivity contribution in [1.29, 1.82) is 0 Å². The highest BCUT2D eigenvalue weighted by Crippen LogP contribution is 2.20. The van der Waals surface area contributed by atoms with Crippen LogP contribution in [0, 0.1) is 0 Å². The predicted octanol–water partition coefficient (Wildman–Crippen LogP) is 3.10. The van der Waals surface area contributed by atoms with E-state index in [4.69, 9.17) is 9.47 Å². The Kier molecular flexibility index (Phi) is 10.3. The van der Waals surface area contributed by atoms with Crippen LogP contribution in [0.4, 0.5) is 0 Å². The highest BCUT2D eigenvalue weighted by Gasteiger charge is 2.16. The molecule has 5 heteroatoms. The van der Waals surface area contributed by atoms with Gasteiger partial charge in [0.25, 0.3) is 0 Å². The van der Waals surface area contributed by atoms with Gasteiger partial charge in [-0.3, -0.25) is 4.99 Å². The van der Waals surface area contributed by atoms with Crippen LogP contribution in [0.2, 0.25) is 0 Å². The van der Waals surface area contributed by atoms with E-state index in [-0.39, 0.29) is 5.60 Å². The van der Waals surface area contributed by atoms with Crippen molar-refractivity contribution < 1.29 is 9.47 Å². The molecule has 1 aliphatic carbocycles. The Labute approximate surface area is 142 Å². The van der Waals surface area contributed by atoms with E-state index in [1.165, 1.54) is 38.5 Å². The Morgan fingerprint density at radius 3 is 2.48 bits per heavy atom. The van der Waals surface area contributed by atoms with Crippen molar-refractivity contribution in [1.82, 2.24) is 10.6 Å². The van der Waals surface area contributed by atoms with Gasteiger partial charge in [-0.2, -0.15) is 0 Å². The number of unbranched alkanes of at least 4 members (excludes halogenated alkanes) is 2. The van der Waals surface area contributed by atoms with E-state index in [9.17, 15) is 0 Å². The third kappa shape index (κ3) is 9.82. The molecule has 0 heterocycles. The average molecular weight is 328 g/mol. The Morgan fingerprint density at radius 1 is 1.09 bits per heavy atom. The number of guanidine groups is 1. The fraction of sp³-hybridized carbons (Fsp3) is 0.944. The summed E-state index contributed by atoms with van der Waals surface area (Å²) < 4.78 is 11.3. The maximum Gasteiger partial charge on any atom is 0.191 e. The second kappa shape index (κ2) is 11.7. The standard InChI is InChI=1S/C18H37N3O2/c1-18(2,22-4)15-21-17(19-3)20-13-9-6-10-14-23-16-11-7-5-8-12-16/h16H,5-15H2,1-4H3,(H2,19,20,21). The Balaban J connectivity index is 1.98. The number of nitrogens with one attached hydrogen (secondary N) is 2. The minimum Gasteiger partial charge on any atom is -0.378 e. The summed E-state index contributed by atoms with van der Waals surface area (Å²) in [5.74, 6) is 0.841. The van der Waals surface area contributed by atoms with Crippen molar-refractivity contribution in [2.45, 2.75) is 76.9 Å². The van der Waals surface area contributed by atoms with E-state index in [0.29, 0.717) is 6.10 Å². The maximum absolute atomic E-state index is 5.95. The minimum absolute atomic E-state index is 0.186. The lowest BCUT2D eigenvalue weighted by Crippen LogP contribution is -2.45. The van der Waals surface area contributed by atoms with Gasteiger partial charge in [-0.1, -0.05) is 19.3 Å². The summed E-state index contributed by atoms with van der Waals surface area (Å²) in [4.78, 5) is 4.23. The third-order valence-electron chi connectivity index (χ3n) is 4.48. The van der Waals surface area contributed by atoms with Gasteiger partial charge >= 0.3 is 0 Å². The zero-order valence-corrected chi connectivity index (χ0v) is 15.6. The van der Waals surface area contributed by atoms with Gasteiger partial charge < -0.3 is 20.1 Å². The Bertz CT molecular complexity index is 326. The molecule has 0 aromatic rings. The van der Waals surface area contributed by atoms with Crippen LogP contribution in [0.3, 0.4) is 0 Å². The zero-order valence-electron chi connectivity index (χ0n) is 15.6. The van der Waals surface area contributed by atoms with Crippen LogP contribution in [0.5, 0.6) is 0 Å². The molecule has 2 N–H and O–H groups in total. The van der Waals surface area contributed by atoms with Gasteiger partial charge in [0.2, 0.25) is 0 Å². The molecule has 1 saturated carbocycles.